The smallest absolute Gasteiger partial charge is 0.170 e. The molecular formula is C16H18O. The third-order valence-corrected chi connectivity index (χ3v) is 3.46. The molecule has 0 heterocycles. The highest BCUT2D eigenvalue weighted by Gasteiger charge is 2.29. The maximum atomic E-state index is 12.5. The highest BCUT2D eigenvalue weighted by Crippen LogP contribution is 2.35. The van der Waals surface area contributed by atoms with E-state index in [0.717, 1.165) is 29.6 Å². The summed E-state index contributed by atoms with van der Waals surface area (Å²) in [5.41, 5.74) is 4.14. The summed E-state index contributed by atoms with van der Waals surface area (Å²) in [5, 5.41) is 0. The van der Waals surface area contributed by atoms with Crippen LogP contribution in [0.4, 0.5) is 0 Å². The lowest BCUT2D eigenvalue weighted by Gasteiger charge is -2.25. The van der Waals surface area contributed by atoms with E-state index in [1.807, 2.05) is 37.3 Å². The van der Waals surface area contributed by atoms with Gasteiger partial charge >= 0.3 is 0 Å². The fraction of sp³-hybridized carbons (Fsp3) is 0.312. The molecular weight excluding hydrogens is 208 g/mol. The van der Waals surface area contributed by atoms with Gasteiger partial charge in [0.05, 0.1) is 0 Å². The van der Waals surface area contributed by atoms with E-state index in [1.54, 1.807) is 0 Å². The summed E-state index contributed by atoms with van der Waals surface area (Å²) < 4.78 is 0. The van der Waals surface area contributed by atoms with E-state index in [2.05, 4.69) is 13.5 Å². The first kappa shape index (κ1) is 11.8. The molecule has 0 N–H and O–H groups in total. The van der Waals surface area contributed by atoms with E-state index < -0.39 is 0 Å². The van der Waals surface area contributed by atoms with E-state index in [1.165, 1.54) is 5.57 Å². The van der Waals surface area contributed by atoms with E-state index >= 15 is 0 Å². The Morgan fingerprint density at radius 2 is 1.94 bits per heavy atom. The summed E-state index contributed by atoms with van der Waals surface area (Å²) in [6.45, 7) is 7.95. The summed E-state index contributed by atoms with van der Waals surface area (Å²) in [5.74, 6) is 0.251. The van der Waals surface area contributed by atoms with E-state index in [0.29, 0.717) is 0 Å². The van der Waals surface area contributed by atoms with Crippen molar-refractivity contribution in [3.05, 3.63) is 53.6 Å². The van der Waals surface area contributed by atoms with Gasteiger partial charge in [0, 0.05) is 11.5 Å². The average molecular weight is 226 g/mol. The minimum absolute atomic E-state index is 0.00825. The third-order valence-electron chi connectivity index (χ3n) is 3.46. The molecule has 1 aromatic rings. The first-order valence-electron chi connectivity index (χ1n) is 6.06. The third kappa shape index (κ3) is 2.23. The molecule has 0 saturated carbocycles. The first-order chi connectivity index (χ1) is 8.11. The Bertz CT molecular complexity index is 480. The molecule has 1 aliphatic rings. The first-order valence-corrected chi connectivity index (χ1v) is 6.06. The molecule has 2 rings (SSSR count). The van der Waals surface area contributed by atoms with Crippen LogP contribution in [0.1, 0.15) is 32.3 Å². The molecule has 0 aromatic heterocycles. The number of Topliss-reactive ketones (excluding diaryl/α,β-unsaturated/α-hetero) is 1. The van der Waals surface area contributed by atoms with Gasteiger partial charge in [-0.05, 0) is 32.3 Å². The number of carbonyl (C=O) groups is 1. The van der Waals surface area contributed by atoms with Crippen LogP contribution in [-0.2, 0) is 4.79 Å². The molecule has 0 saturated heterocycles. The summed E-state index contributed by atoms with van der Waals surface area (Å²) in [4.78, 5) is 12.5. The largest absolute Gasteiger partial charge is 0.293 e. The Labute approximate surface area is 103 Å². The molecule has 17 heavy (non-hydrogen) atoms. The predicted molar refractivity (Wildman–Crippen MR) is 71.6 cm³/mol. The molecule has 0 spiro atoms. The molecule has 0 amide bonds. The lowest BCUT2D eigenvalue weighted by molar-refractivity contribution is -0.116. The topological polar surface area (TPSA) is 17.1 Å². The van der Waals surface area contributed by atoms with Crippen molar-refractivity contribution in [2.45, 2.75) is 26.7 Å². The van der Waals surface area contributed by atoms with Crippen molar-refractivity contribution >= 4 is 11.4 Å². The standard InChI is InChI=1S/C16H18O/c1-11(2)14-10-9-12(3)15(16(14)17)13-7-5-4-6-8-13/h4-8,14H,1,9-10H2,2-3H3/t14-/m0/s1. The number of rotatable bonds is 2. The fourth-order valence-electron chi connectivity index (χ4n) is 2.47. The van der Waals surface area contributed by atoms with Crippen LogP contribution in [0, 0.1) is 5.92 Å². The summed E-state index contributed by atoms with van der Waals surface area (Å²) in [6, 6.07) is 9.96. The van der Waals surface area contributed by atoms with Gasteiger partial charge in [0.15, 0.2) is 5.78 Å². The Balaban J connectivity index is 2.44. The fourth-order valence-corrected chi connectivity index (χ4v) is 2.47. The molecule has 1 heteroatoms. The van der Waals surface area contributed by atoms with Crippen molar-refractivity contribution < 1.29 is 4.79 Å². The van der Waals surface area contributed by atoms with E-state index in [-0.39, 0.29) is 11.7 Å². The maximum Gasteiger partial charge on any atom is 0.170 e. The highest BCUT2D eigenvalue weighted by molar-refractivity contribution is 6.24. The maximum absolute atomic E-state index is 12.5. The van der Waals surface area contributed by atoms with Crippen molar-refractivity contribution in [2.75, 3.05) is 0 Å². The van der Waals surface area contributed by atoms with Crippen molar-refractivity contribution in [3.8, 4) is 0 Å². The second-order valence-corrected chi connectivity index (χ2v) is 4.82. The predicted octanol–water partition coefficient (Wildman–Crippen LogP) is 4.02. The minimum atomic E-state index is 0.00825. The van der Waals surface area contributed by atoms with Gasteiger partial charge in [-0.15, -0.1) is 0 Å². The van der Waals surface area contributed by atoms with Crippen molar-refractivity contribution in [1.29, 1.82) is 0 Å². The molecule has 88 valence electrons. The summed E-state index contributed by atoms with van der Waals surface area (Å²) >= 11 is 0. The Morgan fingerprint density at radius 1 is 1.29 bits per heavy atom. The lowest BCUT2D eigenvalue weighted by Crippen LogP contribution is -2.22. The van der Waals surface area contributed by atoms with Crippen LogP contribution in [0.3, 0.4) is 0 Å². The minimum Gasteiger partial charge on any atom is -0.293 e. The van der Waals surface area contributed by atoms with Crippen LogP contribution < -0.4 is 0 Å². The molecule has 0 unspecified atom stereocenters. The van der Waals surface area contributed by atoms with Crippen molar-refractivity contribution in [1.82, 2.24) is 0 Å². The Kier molecular flexibility index (Phi) is 3.28. The van der Waals surface area contributed by atoms with Gasteiger partial charge in [-0.3, -0.25) is 4.79 Å². The quantitative estimate of drug-likeness (QED) is 0.696. The highest BCUT2D eigenvalue weighted by atomic mass is 16.1. The number of ketones is 1. The average Bonchev–Trinajstić information content (AvgIpc) is 2.30. The molecule has 1 atom stereocenters. The van der Waals surface area contributed by atoms with Crippen LogP contribution in [0.15, 0.2) is 48.1 Å². The van der Waals surface area contributed by atoms with Gasteiger partial charge < -0.3 is 0 Å². The van der Waals surface area contributed by atoms with Gasteiger partial charge in [-0.2, -0.15) is 0 Å². The zero-order valence-corrected chi connectivity index (χ0v) is 10.5. The molecule has 1 nitrogen and oxygen atoms in total. The zero-order valence-electron chi connectivity index (χ0n) is 10.5. The van der Waals surface area contributed by atoms with Crippen LogP contribution >= 0.6 is 0 Å². The molecule has 0 fully saturated rings. The van der Waals surface area contributed by atoms with Crippen LogP contribution in [0.25, 0.3) is 5.57 Å². The molecule has 0 radical (unpaired) electrons. The van der Waals surface area contributed by atoms with Gasteiger partial charge in [-0.25, -0.2) is 0 Å². The molecule has 1 aliphatic carbocycles. The lowest BCUT2D eigenvalue weighted by atomic mass is 9.78. The van der Waals surface area contributed by atoms with Crippen LogP contribution in [0.2, 0.25) is 0 Å². The van der Waals surface area contributed by atoms with Gasteiger partial charge in [-0.1, -0.05) is 48.1 Å². The SMILES string of the molecule is C=C(C)[C@@H]1CCC(C)=C(c2ccccc2)C1=O. The second-order valence-electron chi connectivity index (χ2n) is 4.82. The Hall–Kier alpha value is -1.63. The number of allylic oxidation sites excluding steroid dienone is 3. The monoisotopic (exact) mass is 226 g/mol. The molecule has 0 bridgehead atoms. The van der Waals surface area contributed by atoms with Gasteiger partial charge in [0.2, 0.25) is 0 Å². The number of benzene rings is 1. The number of hydrogen-bond acceptors (Lipinski definition) is 1. The molecule has 0 aliphatic heterocycles. The van der Waals surface area contributed by atoms with Crippen LogP contribution in [-0.4, -0.2) is 5.78 Å². The van der Waals surface area contributed by atoms with Gasteiger partial charge in [0.1, 0.15) is 0 Å². The zero-order chi connectivity index (χ0) is 12.4. The Morgan fingerprint density at radius 3 is 2.53 bits per heavy atom. The van der Waals surface area contributed by atoms with Gasteiger partial charge in [0.25, 0.3) is 0 Å². The van der Waals surface area contributed by atoms with E-state index in [9.17, 15) is 4.79 Å². The molecule has 1 aromatic carbocycles. The normalized spacial score (nSPS) is 20.6. The van der Waals surface area contributed by atoms with E-state index in [4.69, 9.17) is 0 Å². The second kappa shape index (κ2) is 4.70. The summed E-state index contributed by atoms with van der Waals surface area (Å²) in [6.07, 6.45) is 1.91. The number of carbonyl (C=O) groups excluding carboxylic acids is 1. The summed E-state index contributed by atoms with van der Waals surface area (Å²) in [7, 11) is 0. The van der Waals surface area contributed by atoms with Crippen molar-refractivity contribution in [3.63, 3.8) is 0 Å². The van der Waals surface area contributed by atoms with Crippen LogP contribution in [0.5, 0.6) is 0 Å². The number of hydrogen-bond donors (Lipinski definition) is 0. The van der Waals surface area contributed by atoms with Crippen molar-refractivity contribution in [2.24, 2.45) is 5.92 Å².